The van der Waals surface area contributed by atoms with Crippen molar-refractivity contribution in [3.05, 3.63) is 68.0 Å². The number of fused-ring (bicyclic) bond motifs is 2. The van der Waals surface area contributed by atoms with Crippen molar-refractivity contribution in [3.63, 3.8) is 0 Å². The first-order valence-corrected chi connectivity index (χ1v) is 37.0. The summed E-state index contributed by atoms with van der Waals surface area (Å²) in [7, 11) is 0. The number of hydrogen-bond donors (Lipinski definition) is 0. The zero-order valence-corrected chi connectivity index (χ0v) is 54.3. The van der Waals surface area contributed by atoms with Gasteiger partial charge in [0.15, 0.2) is 11.2 Å². The van der Waals surface area contributed by atoms with E-state index in [-0.39, 0.29) is 0 Å². The Morgan fingerprint density at radius 2 is 0.475 bits per heavy atom. The van der Waals surface area contributed by atoms with Gasteiger partial charge in [-0.25, -0.2) is 9.97 Å². The molecule has 0 unspecified atom stereocenters. The fraction of sp³-hybridized carbons (Fsp3) is 0.667. The third-order valence-electron chi connectivity index (χ3n) is 16.8. The summed E-state index contributed by atoms with van der Waals surface area (Å²) in [5.41, 5.74) is 5.57. The molecule has 0 amide bonds. The maximum Gasteiger partial charge on any atom is 0.237 e. The van der Waals surface area contributed by atoms with Crippen LogP contribution in [0.5, 0.6) is 0 Å². The molecule has 0 fully saturated rings. The summed E-state index contributed by atoms with van der Waals surface area (Å²) in [5, 5.41) is 0. The van der Waals surface area contributed by atoms with E-state index in [1.165, 1.54) is 286 Å². The molecule has 442 valence electrons. The first-order chi connectivity index (χ1) is 39.6. The summed E-state index contributed by atoms with van der Waals surface area (Å²) >= 11 is 7.57. The van der Waals surface area contributed by atoms with E-state index in [2.05, 4.69) is 76.2 Å². The van der Waals surface area contributed by atoms with Crippen LogP contribution in [0.1, 0.15) is 304 Å². The van der Waals surface area contributed by atoms with Crippen molar-refractivity contribution in [1.29, 1.82) is 0 Å². The Labute approximate surface area is 503 Å². The van der Waals surface area contributed by atoms with Gasteiger partial charge in [0.1, 0.15) is 11.0 Å². The molecule has 0 aliphatic heterocycles. The van der Waals surface area contributed by atoms with E-state index in [0.29, 0.717) is 11.8 Å². The number of rotatable bonds is 48. The number of unbranched alkanes of at least 4 members (excludes halogenated alkanes) is 36. The highest BCUT2D eigenvalue weighted by Gasteiger charge is 2.29. The molecular formula is C72H108N2O2S4. The Morgan fingerprint density at radius 1 is 0.263 bits per heavy atom. The minimum Gasteiger partial charge on any atom is -0.435 e. The number of benzene rings is 1. The molecule has 0 aliphatic rings. The van der Waals surface area contributed by atoms with Gasteiger partial charge in [-0.2, -0.15) is 0 Å². The quantitative estimate of drug-likeness (QED) is 0.0357. The first-order valence-electron chi connectivity index (χ1n) is 33.7. The van der Waals surface area contributed by atoms with Crippen LogP contribution in [0.4, 0.5) is 0 Å². The predicted molar refractivity (Wildman–Crippen MR) is 357 cm³/mol. The number of aryl methyl sites for hydroxylation is 4. The summed E-state index contributed by atoms with van der Waals surface area (Å²) < 4.78 is 14.4. The standard InChI is InChI=1S/C72H108N2O2S4/c1-5-9-13-17-21-25-29-33-37-41-45-57-49-53-61(77-57)65-67-70(76-71(73-67)63-55-51-59(79-63)47-43-39-35-31-27-23-19-15-11-7-3)66(62-54-50-58(78-62)46-42-38-34-30-26-22-18-14-10-6-2)68-69(65)75-72(74-68)64-56-52-60(80-64)48-44-40-36-32-28-24-20-16-12-8-4/h49-56H,5-48H2,1-4H3. The van der Waals surface area contributed by atoms with Crippen molar-refractivity contribution in [2.45, 2.75) is 310 Å². The van der Waals surface area contributed by atoms with Crippen molar-refractivity contribution in [1.82, 2.24) is 9.97 Å². The second kappa shape index (κ2) is 38.7. The average molecular weight is 1160 g/mol. The number of hydrogen-bond acceptors (Lipinski definition) is 8. The maximum absolute atomic E-state index is 7.20. The molecule has 0 aliphatic carbocycles. The Kier molecular flexibility index (Phi) is 31.2. The molecule has 80 heavy (non-hydrogen) atoms. The van der Waals surface area contributed by atoms with E-state index in [1.807, 2.05) is 45.3 Å². The SMILES string of the molecule is CCCCCCCCCCCCc1ccc(-c2nc3c(-c4ccc(CCCCCCCCCCCC)s4)c4oc(-c5ccc(CCCCCCCCCCCC)s5)nc4c(-c4ccc(CCCCCCCCCCCC)s4)c3o2)s1. The summed E-state index contributed by atoms with van der Waals surface area (Å²) in [6.45, 7) is 9.23. The molecule has 6 aromatic heterocycles. The largest absolute Gasteiger partial charge is 0.435 e. The third-order valence-corrected chi connectivity index (χ3v) is 21.4. The normalized spacial score (nSPS) is 11.9. The van der Waals surface area contributed by atoms with Crippen LogP contribution in [0.3, 0.4) is 0 Å². The first kappa shape index (κ1) is 64.5. The second-order valence-corrected chi connectivity index (χ2v) is 28.6. The van der Waals surface area contributed by atoms with Crippen LogP contribution >= 0.6 is 45.3 Å². The summed E-state index contributed by atoms with van der Waals surface area (Å²) in [4.78, 5) is 21.4. The molecule has 0 atom stereocenters. The van der Waals surface area contributed by atoms with Crippen molar-refractivity contribution in [3.8, 4) is 42.4 Å². The molecule has 7 aromatic rings. The van der Waals surface area contributed by atoms with Crippen LogP contribution in [0.15, 0.2) is 57.4 Å². The van der Waals surface area contributed by atoms with Crippen LogP contribution in [0, 0.1) is 0 Å². The number of oxazole rings is 2. The van der Waals surface area contributed by atoms with E-state index < -0.39 is 0 Å². The molecule has 4 nitrogen and oxygen atoms in total. The minimum absolute atomic E-state index is 0.717. The van der Waals surface area contributed by atoms with Gasteiger partial charge in [0.05, 0.1) is 20.9 Å². The lowest BCUT2D eigenvalue weighted by Crippen LogP contribution is -1.86. The van der Waals surface area contributed by atoms with Crippen molar-refractivity contribution >= 4 is 67.5 Å². The molecule has 7 rings (SSSR count). The van der Waals surface area contributed by atoms with Gasteiger partial charge in [0.25, 0.3) is 0 Å². The zero-order chi connectivity index (χ0) is 55.7. The molecule has 0 N–H and O–H groups in total. The van der Waals surface area contributed by atoms with Gasteiger partial charge in [-0.15, -0.1) is 45.3 Å². The van der Waals surface area contributed by atoms with Gasteiger partial charge < -0.3 is 8.83 Å². The topological polar surface area (TPSA) is 52.1 Å². The molecule has 0 spiro atoms. The Hall–Kier alpha value is -3.04. The summed E-state index contributed by atoms with van der Waals surface area (Å²) in [6.07, 6.45) is 58.8. The lowest BCUT2D eigenvalue weighted by Gasteiger charge is -2.06. The van der Waals surface area contributed by atoms with Crippen molar-refractivity contribution in [2.75, 3.05) is 0 Å². The molecule has 0 radical (unpaired) electrons. The molecule has 1 aromatic carbocycles. The van der Waals surface area contributed by atoms with Gasteiger partial charge in [0, 0.05) is 29.3 Å². The van der Waals surface area contributed by atoms with E-state index in [0.717, 1.165) is 68.8 Å². The van der Waals surface area contributed by atoms with E-state index >= 15 is 0 Å². The number of thiophene rings is 4. The van der Waals surface area contributed by atoms with Gasteiger partial charge in [0.2, 0.25) is 11.8 Å². The Morgan fingerprint density at radius 3 is 0.725 bits per heavy atom. The van der Waals surface area contributed by atoms with Crippen LogP contribution in [0.2, 0.25) is 0 Å². The molecule has 0 saturated heterocycles. The monoisotopic (exact) mass is 1160 g/mol. The lowest BCUT2D eigenvalue weighted by molar-refractivity contribution is 0.557. The molecular weight excluding hydrogens is 1050 g/mol. The Bertz CT molecular complexity index is 2450. The van der Waals surface area contributed by atoms with E-state index in [4.69, 9.17) is 18.8 Å². The lowest BCUT2D eigenvalue weighted by atomic mass is 10.0. The molecule has 6 heterocycles. The fourth-order valence-electron chi connectivity index (χ4n) is 11.9. The maximum atomic E-state index is 7.20. The fourth-order valence-corrected chi connectivity index (χ4v) is 16.0. The van der Waals surface area contributed by atoms with Crippen LogP contribution in [-0.2, 0) is 25.7 Å². The van der Waals surface area contributed by atoms with Crippen LogP contribution < -0.4 is 0 Å². The van der Waals surface area contributed by atoms with Crippen LogP contribution in [-0.4, -0.2) is 9.97 Å². The summed E-state index contributed by atoms with van der Waals surface area (Å²) in [6, 6.07) is 18.6. The third kappa shape index (κ3) is 21.9. The highest BCUT2D eigenvalue weighted by atomic mass is 32.1. The van der Waals surface area contributed by atoms with E-state index in [1.54, 1.807) is 0 Å². The number of nitrogens with zero attached hydrogens (tertiary/aromatic N) is 2. The summed E-state index contributed by atoms with van der Waals surface area (Å²) in [5.74, 6) is 1.43. The predicted octanol–water partition coefficient (Wildman–Crippen LogP) is 26.7. The van der Waals surface area contributed by atoms with E-state index in [9.17, 15) is 0 Å². The second-order valence-electron chi connectivity index (χ2n) is 23.9. The van der Waals surface area contributed by atoms with Gasteiger partial charge in [-0.3, -0.25) is 0 Å². The average Bonchev–Trinajstić information content (AvgIpc) is 4.47. The molecule has 0 saturated carbocycles. The van der Waals surface area contributed by atoms with Crippen molar-refractivity contribution < 1.29 is 8.83 Å². The van der Waals surface area contributed by atoms with Gasteiger partial charge >= 0.3 is 0 Å². The molecule has 8 heteroatoms. The smallest absolute Gasteiger partial charge is 0.237 e. The highest BCUT2D eigenvalue weighted by molar-refractivity contribution is 7.16. The van der Waals surface area contributed by atoms with Gasteiger partial charge in [-0.05, 0) is 99.9 Å². The zero-order valence-electron chi connectivity index (χ0n) is 51.1. The minimum atomic E-state index is 0.717. The van der Waals surface area contributed by atoms with Crippen molar-refractivity contribution in [2.24, 2.45) is 0 Å². The Balaban J connectivity index is 1.13. The van der Waals surface area contributed by atoms with Crippen LogP contribution in [0.25, 0.3) is 64.6 Å². The highest BCUT2D eigenvalue weighted by Crippen LogP contribution is 2.49. The molecule has 0 bridgehead atoms. The van der Waals surface area contributed by atoms with Gasteiger partial charge in [-0.1, -0.05) is 259 Å². The number of aromatic nitrogens is 2.